The number of carboxylic acids is 1. The molecule has 1 aliphatic carbocycles. The molecule has 0 aliphatic heterocycles. The van der Waals surface area contributed by atoms with Crippen LogP contribution in [-0.2, 0) is 4.79 Å². The van der Waals surface area contributed by atoms with Gasteiger partial charge in [0.15, 0.2) is 0 Å². The van der Waals surface area contributed by atoms with Gasteiger partial charge in [-0.3, -0.25) is 0 Å². The number of hydrogen-bond donors (Lipinski definition) is 3. The molecule has 0 saturated carbocycles. The highest BCUT2D eigenvalue weighted by molar-refractivity contribution is 5.90. The quantitative estimate of drug-likeness (QED) is 0.504. The maximum absolute atomic E-state index is 10.4. The second-order valence-corrected chi connectivity index (χ2v) is 2.93. The summed E-state index contributed by atoms with van der Waals surface area (Å²) >= 11 is 0. The van der Waals surface area contributed by atoms with E-state index in [9.17, 15) is 15.0 Å². The molecule has 12 heavy (non-hydrogen) atoms. The van der Waals surface area contributed by atoms with E-state index < -0.39 is 17.7 Å². The van der Waals surface area contributed by atoms with Gasteiger partial charge in [-0.15, -0.1) is 0 Å². The van der Waals surface area contributed by atoms with Gasteiger partial charge in [-0.25, -0.2) is 4.79 Å². The van der Waals surface area contributed by atoms with E-state index in [0.29, 0.717) is 0 Å². The standard InChI is InChI=1S/C8H10O4/c1-8(12)3-2-5(7(10)11)4-6(8)9/h2-4,6,9,12H,1H3,(H,10,11). The van der Waals surface area contributed by atoms with Crippen LogP contribution >= 0.6 is 0 Å². The molecule has 0 aromatic carbocycles. The van der Waals surface area contributed by atoms with Gasteiger partial charge < -0.3 is 15.3 Å². The van der Waals surface area contributed by atoms with Crippen LogP contribution in [0, 0.1) is 0 Å². The lowest BCUT2D eigenvalue weighted by Crippen LogP contribution is -2.38. The first kappa shape index (κ1) is 8.96. The third-order valence-electron chi connectivity index (χ3n) is 1.78. The summed E-state index contributed by atoms with van der Waals surface area (Å²) in [5, 5.41) is 27.1. The van der Waals surface area contributed by atoms with Gasteiger partial charge in [0.2, 0.25) is 0 Å². The molecule has 2 atom stereocenters. The Morgan fingerprint density at radius 2 is 2.25 bits per heavy atom. The van der Waals surface area contributed by atoms with E-state index in [4.69, 9.17) is 5.11 Å². The molecule has 1 rings (SSSR count). The molecule has 0 fully saturated rings. The second-order valence-electron chi connectivity index (χ2n) is 2.93. The summed E-state index contributed by atoms with van der Waals surface area (Å²) in [6.07, 6.45) is 2.49. The summed E-state index contributed by atoms with van der Waals surface area (Å²) in [5.41, 5.74) is -1.37. The molecule has 3 N–H and O–H groups in total. The molecule has 66 valence electrons. The highest BCUT2D eigenvalue weighted by atomic mass is 16.4. The number of carbonyl (C=O) groups is 1. The van der Waals surface area contributed by atoms with E-state index in [0.717, 1.165) is 6.08 Å². The summed E-state index contributed by atoms with van der Waals surface area (Å²) in [4.78, 5) is 10.4. The minimum Gasteiger partial charge on any atom is -0.478 e. The fourth-order valence-corrected chi connectivity index (χ4v) is 0.894. The van der Waals surface area contributed by atoms with Crippen molar-refractivity contribution in [3.05, 3.63) is 23.8 Å². The van der Waals surface area contributed by atoms with Crippen molar-refractivity contribution >= 4 is 5.97 Å². The summed E-state index contributed by atoms with van der Waals surface area (Å²) < 4.78 is 0. The first-order chi connectivity index (χ1) is 5.43. The van der Waals surface area contributed by atoms with Crippen LogP contribution in [0.2, 0.25) is 0 Å². The predicted octanol–water partition coefficient (Wildman–Crippen LogP) is -0.321. The smallest absolute Gasteiger partial charge is 0.335 e. The Hall–Kier alpha value is -1.13. The predicted molar refractivity (Wildman–Crippen MR) is 41.5 cm³/mol. The van der Waals surface area contributed by atoms with Crippen LogP contribution in [0.3, 0.4) is 0 Å². The van der Waals surface area contributed by atoms with Crippen LogP contribution in [0.1, 0.15) is 6.92 Å². The molecule has 0 saturated heterocycles. The van der Waals surface area contributed by atoms with Gasteiger partial charge in [0.05, 0.1) is 5.57 Å². The number of aliphatic carboxylic acids is 1. The van der Waals surface area contributed by atoms with Crippen molar-refractivity contribution < 1.29 is 20.1 Å². The van der Waals surface area contributed by atoms with E-state index in [1.165, 1.54) is 19.1 Å². The van der Waals surface area contributed by atoms with Crippen molar-refractivity contribution in [2.75, 3.05) is 0 Å². The van der Waals surface area contributed by atoms with Gasteiger partial charge in [-0.05, 0) is 25.2 Å². The minimum atomic E-state index is -1.36. The van der Waals surface area contributed by atoms with Gasteiger partial charge >= 0.3 is 5.97 Å². The van der Waals surface area contributed by atoms with E-state index in [1.807, 2.05) is 0 Å². The molecule has 0 spiro atoms. The van der Waals surface area contributed by atoms with E-state index in [1.54, 1.807) is 0 Å². The zero-order valence-corrected chi connectivity index (χ0v) is 6.56. The SMILES string of the molecule is CC1(O)C=CC(C(=O)O)=CC1O. The first-order valence-corrected chi connectivity index (χ1v) is 3.48. The summed E-state index contributed by atoms with van der Waals surface area (Å²) in [6.45, 7) is 1.41. The van der Waals surface area contributed by atoms with E-state index in [2.05, 4.69) is 0 Å². The number of aliphatic hydroxyl groups is 2. The Balaban J connectivity index is 2.91. The maximum Gasteiger partial charge on any atom is 0.335 e. The zero-order valence-electron chi connectivity index (χ0n) is 6.56. The Morgan fingerprint density at radius 1 is 1.67 bits per heavy atom. The number of carboxylic acid groups (broad SMARTS) is 1. The molecule has 0 aromatic rings. The van der Waals surface area contributed by atoms with Crippen molar-refractivity contribution in [1.82, 2.24) is 0 Å². The molecule has 0 amide bonds. The summed E-state index contributed by atoms with van der Waals surface area (Å²) in [6, 6.07) is 0. The molecular formula is C8H10O4. The highest BCUT2D eigenvalue weighted by Crippen LogP contribution is 2.20. The normalized spacial score (nSPS) is 34.6. The van der Waals surface area contributed by atoms with Crippen LogP contribution in [0.15, 0.2) is 23.8 Å². The molecule has 0 bridgehead atoms. The second kappa shape index (κ2) is 2.73. The van der Waals surface area contributed by atoms with Crippen molar-refractivity contribution in [3.63, 3.8) is 0 Å². The monoisotopic (exact) mass is 170 g/mol. The first-order valence-electron chi connectivity index (χ1n) is 3.48. The van der Waals surface area contributed by atoms with Crippen LogP contribution in [0.5, 0.6) is 0 Å². The van der Waals surface area contributed by atoms with Gasteiger partial charge in [0.25, 0.3) is 0 Å². The lowest BCUT2D eigenvalue weighted by Gasteiger charge is -2.26. The zero-order chi connectivity index (χ0) is 9.35. The molecule has 0 radical (unpaired) electrons. The van der Waals surface area contributed by atoms with E-state index >= 15 is 0 Å². The largest absolute Gasteiger partial charge is 0.478 e. The topological polar surface area (TPSA) is 77.8 Å². The van der Waals surface area contributed by atoms with Crippen molar-refractivity contribution in [3.8, 4) is 0 Å². The minimum absolute atomic E-state index is 0.00553. The Kier molecular flexibility index (Phi) is 2.04. The summed E-state index contributed by atoms with van der Waals surface area (Å²) in [7, 11) is 0. The number of hydrogen-bond acceptors (Lipinski definition) is 3. The van der Waals surface area contributed by atoms with Crippen LogP contribution in [-0.4, -0.2) is 33.0 Å². The molecule has 4 nitrogen and oxygen atoms in total. The Labute approximate surface area is 69.5 Å². The van der Waals surface area contributed by atoms with Crippen LogP contribution in [0.25, 0.3) is 0 Å². The van der Waals surface area contributed by atoms with Crippen molar-refractivity contribution in [2.24, 2.45) is 0 Å². The van der Waals surface area contributed by atoms with Gasteiger partial charge in [-0.1, -0.05) is 0 Å². The lowest BCUT2D eigenvalue weighted by atomic mass is 9.91. The average molecular weight is 170 g/mol. The molecule has 1 aliphatic rings. The molecule has 4 heteroatoms. The van der Waals surface area contributed by atoms with Gasteiger partial charge in [-0.2, -0.15) is 0 Å². The lowest BCUT2D eigenvalue weighted by molar-refractivity contribution is -0.132. The number of aliphatic hydroxyl groups excluding tert-OH is 1. The van der Waals surface area contributed by atoms with Crippen LogP contribution < -0.4 is 0 Å². The average Bonchev–Trinajstić information content (AvgIpc) is 1.94. The van der Waals surface area contributed by atoms with Gasteiger partial charge in [0.1, 0.15) is 11.7 Å². The molecular weight excluding hydrogens is 160 g/mol. The summed E-state index contributed by atoms with van der Waals surface area (Å²) in [5.74, 6) is -1.11. The molecule has 2 unspecified atom stereocenters. The van der Waals surface area contributed by atoms with Gasteiger partial charge in [0, 0.05) is 0 Å². The third-order valence-corrected chi connectivity index (χ3v) is 1.78. The van der Waals surface area contributed by atoms with Crippen LogP contribution in [0.4, 0.5) is 0 Å². The number of rotatable bonds is 1. The Bertz CT molecular complexity index is 262. The maximum atomic E-state index is 10.4. The van der Waals surface area contributed by atoms with Crippen molar-refractivity contribution in [1.29, 1.82) is 0 Å². The highest BCUT2D eigenvalue weighted by Gasteiger charge is 2.29. The van der Waals surface area contributed by atoms with E-state index in [-0.39, 0.29) is 5.57 Å². The van der Waals surface area contributed by atoms with Crippen molar-refractivity contribution in [2.45, 2.75) is 18.6 Å². The molecule has 0 aromatic heterocycles. The Morgan fingerprint density at radius 3 is 2.67 bits per heavy atom. The molecule has 0 heterocycles. The fraction of sp³-hybridized carbons (Fsp3) is 0.375. The fourth-order valence-electron chi connectivity index (χ4n) is 0.894. The third kappa shape index (κ3) is 1.54.